The Balaban J connectivity index is 0.00000341. The van der Waals surface area contributed by atoms with Crippen molar-refractivity contribution in [2.75, 3.05) is 40.0 Å². The number of hydrogen-bond donors (Lipinski definition) is 1. The van der Waals surface area contributed by atoms with Crippen LogP contribution in [0.5, 0.6) is 5.75 Å². The Kier molecular flexibility index (Phi) is 10.3. The molecular weight excluding hydrogens is 414 g/mol. The molecule has 6 heteroatoms. The van der Waals surface area contributed by atoms with E-state index in [1.54, 1.807) is 7.11 Å². The van der Waals surface area contributed by atoms with Gasteiger partial charge in [0, 0.05) is 25.6 Å². The van der Waals surface area contributed by atoms with Crippen LogP contribution >= 0.6 is 12.4 Å². The Bertz CT molecular complexity index is 829. The van der Waals surface area contributed by atoms with E-state index < -0.39 is 5.97 Å². The fraction of sp³-hybridized carbons (Fsp3) is 0.480. The first kappa shape index (κ1) is 25.2. The normalized spacial score (nSPS) is 17.5. The van der Waals surface area contributed by atoms with Gasteiger partial charge < -0.3 is 19.5 Å². The molecule has 170 valence electrons. The first-order valence-electron chi connectivity index (χ1n) is 10.8. The number of carboxylic acids is 1. The minimum atomic E-state index is -0.681. The maximum absolute atomic E-state index is 11.2. The van der Waals surface area contributed by atoms with Crippen molar-refractivity contribution in [2.45, 2.75) is 32.1 Å². The van der Waals surface area contributed by atoms with Crippen LogP contribution in [0.15, 0.2) is 48.5 Å². The van der Waals surface area contributed by atoms with Gasteiger partial charge in [0.15, 0.2) is 0 Å². The highest BCUT2D eigenvalue weighted by Gasteiger charge is 2.25. The fourth-order valence-corrected chi connectivity index (χ4v) is 4.29. The van der Waals surface area contributed by atoms with E-state index in [4.69, 9.17) is 9.47 Å². The van der Waals surface area contributed by atoms with Crippen molar-refractivity contribution < 1.29 is 19.4 Å². The maximum Gasteiger partial charge on any atom is 0.307 e. The second kappa shape index (κ2) is 12.7. The van der Waals surface area contributed by atoms with Crippen LogP contribution in [0.1, 0.15) is 41.9 Å². The molecule has 2 atom stereocenters. The summed E-state index contributed by atoms with van der Waals surface area (Å²) >= 11 is 0. The van der Waals surface area contributed by atoms with Gasteiger partial charge >= 0.3 is 5.97 Å². The summed E-state index contributed by atoms with van der Waals surface area (Å²) in [5, 5.41) is 9.24. The number of rotatable bonds is 10. The lowest BCUT2D eigenvalue weighted by molar-refractivity contribution is -0.143. The number of benzene rings is 2. The molecule has 0 aliphatic carbocycles. The quantitative estimate of drug-likeness (QED) is 0.532. The number of likely N-dealkylation sites (tertiary alicyclic amines) is 1. The zero-order chi connectivity index (χ0) is 21.3. The molecule has 1 N–H and O–H groups in total. The van der Waals surface area contributed by atoms with E-state index >= 15 is 0 Å². The fourth-order valence-electron chi connectivity index (χ4n) is 4.29. The molecule has 2 aromatic carbocycles. The number of piperidine rings is 1. The van der Waals surface area contributed by atoms with Crippen LogP contribution in [0, 0.1) is 12.8 Å². The molecule has 2 unspecified atom stereocenters. The van der Waals surface area contributed by atoms with E-state index in [-0.39, 0.29) is 24.2 Å². The van der Waals surface area contributed by atoms with Crippen molar-refractivity contribution in [1.29, 1.82) is 0 Å². The average molecular weight is 448 g/mol. The predicted octanol–water partition coefficient (Wildman–Crippen LogP) is 4.76. The van der Waals surface area contributed by atoms with Crippen molar-refractivity contribution in [3.8, 4) is 5.75 Å². The molecule has 1 aliphatic rings. The number of ether oxygens (including phenoxy) is 2. The molecular formula is C25H34ClNO4. The molecule has 0 radical (unpaired) electrons. The number of methoxy groups -OCH3 is 1. The first-order chi connectivity index (χ1) is 14.6. The van der Waals surface area contributed by atoms with Crippen LogP contribution in [0.3, 0.4) is 0 Å². The van der Waals surface area contributed by atoms with Gasteiger partial charge in [0.25, 0.3) is 0 Å². The molecule has 0 amide bonds. The Morgan fingerprint density at radius 2 is 2.00 bits per heavy atom. The monoisotopic (exact) mass is 447 g/mol. The summed E-state index contributed by atoms with van der Waals surface area (Å²) in [5.41, 5.74) is 3.82. The highest BCUT2D eigenvalue weighted by Crippen LogP contribution is 2.32. The van der Waals surface area contributed by atoms with Crippen molar-refractivity contribution in [3.63, 3.8) is 0 Å². The summed E-state index contributed by atoms with van der Waals surface area (Å²) < 4.78 is 11.4. The molecule has 3 rings (SSSR count). The number of aliphatic carboxylic acids is 1. The number of halogens is 1. The number of nitrogens with zero attached hydrogens (tertiary/aromatic N) is 1. The van der Waals surface area contributed by atoms with Gasteiger partial charge in [-0.05, 0) is 61.6 Å². The lowest BCUT2D eigenvalue weighted by Crippen LogP contribution is -2.40. The van der Waals surface area contributed by atoms with Crippen molar-refractivity contribution in [2.24, 2.45) is 5.92 Å². The van der Waals surface area contributed by atoms with Crippen LogP contribution in [-0.2, 0) is 9.53 Å². The second-order valence-electron chi connectivity index (χ2n) is 8.06. The predicted molar refractivity (Wildman–Crippen MR) is 125 cm³/mol. The van der Waals surface area contributed by atoms with Crippen molar-refractivity contribution in [3.05, 3.63) is 65.2 Å². The van der Waals surface area contributed by atoms with E-state index in [1.165, 1.54) is 16.7 Å². The van der Waals surface area contributed by atoms with Crippen LogP contribution < -0.4 is 4.74 Å². The van der Waals surface area contributed by atoms with Gasteiger partial charge in [-0.1, -0.05) is 36.4 Å². The molecule has 31 heavy (non-hydrogen) atoms. The summed E-state index contributed by atoms with van der Waals surface area (Å²) in [6, 6.07) is 16.8. The molecule has 1 saturated heterocycles. The molecule has 2 aromatic rings. The molecule has 0 aromatic heterocycles. The Labute approximate surface area is 191 Å². The topological polar surface area (TPSA) is 59.0 Å². The molecule has 1 fully saturated rings. The van der Waals surface area contributed by atoms with E-state index in [0.29, 0.717) is 19.8 Å². The Hall–Kier alpha value is -2.08. The number of carbonyl (C=O) groups is 1. The van der Waals surface area contributed by atoms with Gasteiger partial charge in [-0.2, -0.15) is 0 Å². The van der Waals surface area contributed by atoms with E-state index in [2.05, 4.69) is 48.2 Å². The Morgan fingerprint density at radius 1 is 1.19 bits per heavy atom. The third-order valence-corrected chi connectivity index (χ3v) is 6.02. The third-order valence-electron chi connectivity index (χ3n) is 6.02. The largest absolute Gasteiger partial charge is 0.497 e. The minimum absolute atomic E-state index is 0. The van der Waals surface area contributed by atoms with Crippen molar-refractivity contribution >= 4 is 18.4 Å². The summed E-state index contributed by atoms with van der Waals surface area (Å²) in [7, 11) is 1.69. The average Bonchev–Trinajstić information content (AvgIpc) is 2.77. The highest BCUT2D eigenvalue weighted by molar-refractivity contribution is 5.85. The number of aryl methyl sites for hydroxylation is 1. The van der Waals surface area contributed by atoms with E-state index in [1.807, 2.05) is 12.1 Å². The zero-order valence-electron chi connectivity index (χ0n) is 18.5. The van der Waals surface area contributed by atoms with E-state index in [0.717, 1.165) is 38.1 Å². The zero-order valence-corrected chi connectivity index (χ0v) is 19.3. The smallest absolute Gasteiger partial charge is 0.307 e. The van der Waals surface area contributed by atoms with Gasteiger partial charge in [-0.15, -0.1) is 12.4 Å². The first-order valence-corrected chi connectivity index (χ1v) is 10.8. The second-order valence-corrected chi connectivity index (χ2v) is 8.06. The number of carboxylic acid groups (broad SMARTS) is 1. The van der Waals surface area contributed by atoms with Gasteiger partial charge in [0.05, 0.1) is 19.6 Å². The van der Waals surface area contributed by atoms with Gasteiger partial charge in [-0.3, -0.25) is 4.79 Å². The van der Waals surface area contributed by atoms with Gasteiger partial charge in [0.2, 0.25) is 0 Å². The SMILES string of the molecule is COc1cccc(C(CCOCCN2CCCC(C(=O)O)C2)c2ccccc2C)c1.Cl. The Morgan fingerprint density at radius 3 is 2.74 bits per heavy atom. The molecule has 1 heterocycles. The summed E-state index contributed by atoms with van der Waals surface area (Å²) in [6.45, 7) is 5.82. The summed E-state index contributed by atoms with van der Waals surface area (Å²) in [5.74, 6) is 0.190. The summed E-state index contributed by atoms with van der Waals surface area (Å²) in [4.78, 5) is 13.4. The van der Waals surface area contributed by atoms with Crippen LogP contribution in [0.4, 0.5) is 0 Å². The minimum Gasteiger partial charge on any atom is -0.497 e. The molecule has 5 nitrogen and oxygen atoms in total. The number of hydrogen-bond acceptors (Lipinski definition) is 4. The van der Waals surface area contributed by atoms with Crippen molar-refractivity contribution in [1.82, 2.24) is 4.90 Å². The van der Waals surface area contributed by atoms with Crippen LogP contribution in [0.2, 0.25) is 0 Å². The van der Waals surface area contributed by atoms with Gasteiger partial charge in [0.1, 0.15) is 5.75 Å². The summed E-state index contributed by atoms with van der Waals surface area (Å²) in [6.07, 6.45) is 2.61. The molecule has 0 saturated carbocycles. The lowest BCUT2D eigenvalue weighted by Gasteiger charge is -2.30. The van der Waals surface area contributed by atoms with Crippen LogP contribution in [-0.4, -0.2) is 55.9 Å². The molecule has 0 spiro atoms. The standard InChI is InChI=1S/C25H33NO4.ClH/c1-19-7-3-4-11-23(19)24(20-8-5-10-22(17-20)29-2)12-15-30-16-14-26-13-6-9-21(18-26)25(27)28;/h3-5,7-8,10-11,17,21,24H,6,9,12-16,18H2,1-2H3,(H,27,28);1H. The van der Waals surface area contributed by atoms with E-state index in [9.17, 15) is 9.90 Å². The van der Waals surface area contributed by atoms with Crippen LogP contribution in [0.25, 0.3) is 0 Å². The molecule has 0 bridgehead atoms. The van der Waals surface area contributed by atoms with Gasteiger partial charge in [-0.25, -0.2) is 0 Å². The molecule has 1 aliphatic heterocycles. The highest BCUT2D eigenvalue weighted by atomic mass is 35.5. The maximum atomic E-state index is 11.2. The lowest BCUT2D eigenvalue weighted by atomic mass is 9.86. The third kappa shape index (κ3) is 7.23.